The van der Waals surface area contributed by atoms with E-state index in [1.807, 2.05) is 42.5 Å². The van der Waals surface area contributed by atoms with Crippen LogP contribution in [0.3, 0.4) is 0 Å². The maximum absolute atomic E-state index is 13.3. The second-order valence-electron chi connectivity index (χ2n) is 7.78. The molecule has 0 atom stereocenters. The van der Waals surface area contributed by atoms with Gasteiger partial charge in [-0.3, -0.25) is 4.79 Å². The molecule has 0 aliphatic carbocycles. The highest BCUT2D eigenvalue weighted by atomic mass is 35.5. The molecule has 5 nitrogen and oxygen atoms in total. The van der Waals surface area contributed by atoms with Gasteiger partial charge in [-0.1, -0.05) is 23.7 Å². The van der Waals surface area contributed by atoms with Crippen LogP contribution < -0.4 is 14.4 Å². The number of methoxy groups -OCH3 is 1. The molecule has 4 rings (SSSR count). The van der Waals surface area contributed by atoms with E-state index in [1.165, 1.54) is 18.2 Å². The number of benzene rings is 3. The standard InChI is InChI=1S/C27H25ClFNO4/c1-32-26-10-3-19(16-21(26)18-34-27-11-6-22(29)17-24(27)28)2-9-25(31)20-4-7-23(8-5-20)30-12-14-33-15-13-30/h2-11,16-17H,12-15,18H2,1H3/b9-2+. The van der Waals surface area contributed by atoms with E-state index in [2.05, 4.69) is 4.90 Å². The number of morpholine rings is 1. The number of rotatable bonds is 8. The first-order valence-corrected chi connectivity index (χ1v) is 11.3. The minimum Gasteiger partial charge on any atom is -0.496 e. The average molecular weight is 482 g/mol. The highest BCUT2D eigenvalue weighted by Gasteiger charge is 2.12. The third-order valence-corrected chi connectivity index (χ3v) is 5.83. The fraction of sp³-hybridized carbons (Fsp3) is 0.222. The van der Waals surface area contributed by atoms with Gasteiger partial charge in [0.2, 0.25) is 0 Å². The lowest BCUT2D eigenvalue weighted by Gasteiger charge is -2.28. The molecule has 3 aromatic rings. The van der Waals surface area contributed by atoms with Crippen molar-refractivity contribution in [1.29, 1.82) is 0 Å². The number of hydrogen-bond donors (Lipinski definition) is 0. The zero-order valence-electron chi connectivity index (χ0n) is 18.8. The molecule has 7 heteroatoms. The summed E-state index contributed by atoms with van der Waals surface area (Å²) in [5.41, 5.74) is 3.30. The molecule has 3 aromatic carbocycles. The van der Waals surface area contributed by atoms with Crippen molar-refractivity contribution in [2.45, 2.75) is 6.61 Å². The first kappa shape index (κ1) is 23.8. The zero-order chi connectivity index (χ0) is 23.9. The van der Waals surface area contributed by atoms with Crippen LogP contribution in [-0.2, 0) is 11.3 Å². The normalized spacial score (nSPS) is 13.8. The number of halogens is 2. The maximum atomic E-state index is 13.3. The molecule has 0 amide bonds. The minimum atomic E-state index is -0.428. The van der Waals surface area contributed by atoms with Gasteiger partial charge in [0.15, 0.2) is 5.78 Å². The number of carbonyl (C=O) groups is 1. The van der Waals surface area contributed by atoms with E-state index in [9.17, 15) is 9.18 Å². The van der Waals surface area contributed by atoms with E-state index in [-0.39, 0.29) is 17.4 Å². The number of allylic oxidation sites excluding steroid dienone is 1. The highest BCUT2D eigenvalue weighted by Crippen LogP contribution is 2.28. The summed E-state index contributed by atoms with van der Waals surface area (Å²) in [6, 6.07) is 17.1. The lowest BCUT2D eigenvalue weighted by atomic mass is 10.1. The van der Waals surface area contributed by atoms with Gasteiger partial charge >= 0.3 is 0 Å². The number of ketones is 1. The fourth-order valence-electron chi connectivity index (χ4n) is 3.69. The van der Waals surface area contributed by atoms with Crippen molar-refractivity contribution < 1.29 is 23.4 Å². The van der Waals surface area contributed by atoms with Crippen molar-refractivity contribution >= 4 is 29.1 Å². The predicted octanol–water partition coefficient (Wildman–Crippen LogP) is 5.80. The highest BCUT2D eigenvalue weighted by molar-refractivity contribution is 6.32. The van der Waals surface area contributed by atoms with Crippen LogP contribution in [0.2, 0.25) is 5.02 Å². The molecule has 0 bridgehead atoms. The van der Waals surface area contributed by atoms with Crippen LogP contribution in [-0.4, -0.2) is 39.2 Å². The Hall–Kier alpha value is -3.35. The summed E-state index contributed by atoms with van der Waals surface area (Å²) in [6.07, 6.45) is 3.30. The average Bonchev–Trinajstić information content (AvgIpc) is 2.87. The fourth-order valence-corrected chi connectivity index (χ4v) is 3.91. The van der Waals surface area contributed by atoms with E-state index < -0.39 is 5.82 Å². The molecule has 1 fully saturated rings. The Kier molecular flexibility index (Phi) is 7.83. The molecule has 1 aliphatic heterocycles. The second-order valence-corrected chi connectivity index (χ2v) is 8.19. The van der Waals surface area contributed by atoms with Crippen molar-refractivity contribution in [3.05, 3.63) is 94.3 Å². The van der Waals surface area contributed by atoms with Crippen molar-refractivity contribution in [2.24, 2.45) is 0 Å². The second kappa shape index (κ2) is 11.2. The van der Waals surface area contributed by atoms with Gasteiger partial charge < -0.3 is 19.1 Å². The van der Waals surface area contributed by atoms with Crippen LogP contribution in [0.5, 0.6) is 11.5 Å². The third-order valence-electron chi connectivity index (χ3n) is 5.54. The van der Waals surface area contributed by atoms with Crippen molar-refractivity contribution in [1.82, 2.24) is 0 Å². The largest absolute Gasteiger partial charge is 0.496 e. The molecule has 0 saturated carbocycles. The summed E-state index contributed by atoms with van der Waals surface area (Å²) in [4.78, 5) is 14.9. The van der Waals surface area contributed by atoms with E-state index in [4.69, 9.17) is 25.8 Å². The van der Waals surface area contributed by atoms with Gasteiger partial charge in [0.25, 0.3) is 0 Å². The quantitative estimate of drug-likeness (QED) is 0.300. The van der Waals surface area contributed by atoms with Crippen molar-refractivity contribution in [3.8, 4) is 11.5 Å². The summed E-state index contributed by atoms with van der Waals surface area (Å²) < 4.78 is 29.8. The molecule has 34 heavy (non-hydrogen) atoms. The van der Waals surface area contributed by atoms with E-state index in [0.29, 0.717) is 17.1 Å². The van der Waals surface area contributed by atoms with E-state index in [1.54, 1.807) is 19.3 Å². The predicted molar refractivity (Wildman–Crippen MR) is 132 cm³/mol. The summed E-state index contributed by atoms with van der Waals surface area (Å²) in [7, 11) is 1.57. The Labute approximate surface area is 203 Å². The SMILES string of the molecule is COc1ccc(/C=C/C(=O)c2ccc(N3CCOCC3)cc2)cc1COc1ccc(F)cc1Cl. The monoisotopic (exact) mass is 481 g/mol. The Balaban J connectivity index is 1.43. The molecule has 0 N–H and O–H groups in total. The molecular weight excluding hydrogens is 457 g/mol. The Bertz CT molecular complexity index is 1170. The van der Waals surface area contributed by atoms with E-state index in [0.717, 1.165) is 43.1 Å². The van der Waals surface area contributed by atoms with Crippen molar-refractivity contribution in [2.75, 3.05) is 38.3 Å². The molecule has 0 spiro atoms. The number of ether oxygens (including phenoxy) is 3. The van der Waals surface area contributed by atoms with Crippen LogP contribution in [0.4, 0.5) is 10.1 Å². The molecule has 1 heterocycles. The summed E-state index contributed by atoms with van der Waals surface area (Å²) >= 11 is 6.04. The lowest BCUT2D eigenvalue weighted by molar-refractivity contribution is 0.104. The Morgan fingerprint density at radius 3 is 2.50 bits per heavy atom. The smallest absolute Gasteiger partial charge is 0.185 e. The molecular formula is C27H25ClFNO4. The first-order chi connectivity index (χ1) is 16.5. The first-order valence-electron chi connectivity index (χ1n) is 10.9. The van der Waals surface area contributed by atoms with Gasteiger partial charge in [-0.05, 0) is 66.2 Å². The molecule has 0 radical (unpaired) electrons. The number of anilines is 1. The Morgan fingerprint density at radius 2 is 1.79 bits per heavy atom. The van der Waals surface area contributed by atoms with Gasteiger partial charge in [0, 0.05) is 29.9 Å². The van der Waals surface area contributed by atoms with Gasteiger partial charge in [-0.25, -0.2) is 4.39 Å². The molecule has 0 aromatic heterocycles. The van der Waals surface area contributed by atoms with Gasteiger partial charge in [0.1, 0.15) is 23.9 Å². The van der Waals surface area contributed by atoms with Crippen LogP contribution >= 0.6 is 11.6 Å². The maximum Gasteiger partial charge on any atom is 0.185 e. The lowest BCUT2D eigenvalue weighted by Crippen LogP contribution is -2.36. The van der Waals surface area contributed by atoms with Crippen LogP contribution in [0.15, 0.2) is 66.7 Å². The van der Waals surface area contributed by atoms with Gasteiger partial charge in [0.05, 0.1) is 25.3 Å². The van der Waals surface area contributed by atoms with E-state index >= 15 is 0 Å². The Morgan fingerprint density at radius 1 is 1.06 bits per heavy atom. The molecule has 176 valence electrons. The van der Waals surface area contributed by atoms with Crippen LogP contribution in [0, 0.1) is 5.82 Å². The van der Waals surface area contributed by atoms with Crippen LogP contribution in [0.1, 0.15) is 21.5 Å². The summed E-state index contributed by atoms with van der Waals surface area (Å²) in [6.45, 7) is 3.31. The van der Waals surface area contributed by atoms with Crippen LogP contribution in [0.25, 0.3) is 6.08 Å². The summed E-state index contributed by atoms with van der Waals surface area (Å²) in [5, 5.41) is 0.195. The molecule has 1 aliphatic rings. The minimum absolute atomic E-state index is 0.0831. The van der Waals surface area contributed by atoms with Crippen molar-refractivity contribution in [3.63, 3.8) is 0 Å². The topological polar surface area (TPSA) is 48.0 Å². The molecule has 1 saturated heterocycles. The van der Waals surface area contributed by atoms with Gasteiger partial charge in [-0.15, -0.1) is 0 Å². The number of hydrogen-bond acceptors (Lipinski definition) is 5. The summed E-state index contributed by atoms with van der Waals surface area (Å²) in [5.74, 6) is 0.505. The zero-order valence-corrected chi connectivity index (χ0v) is 19.6. The molecule has 0 unspecified atom stereocenters. The number of nitrogens with zero attached hydrogens (tertiary/aromatic N) is 1. The third kappa shape index (κ3) is 5.95. The number of carbonyl (C=O) groups excluding carboxylic acids is 1. The van der Waals surface area contributed by atoms with Gasteiger partial charge in [-0.2, -0.15) is 0 Å².